The van der Waals surface area contributed by atoms with Crippen LogP contribution in [-0.4, -0.2) is 5.78 Å². The molecule has 1 nitrogen and oxygen atoms in total. The molecule has 0 spiro atoms. The monoisotopic (exact) mass is 384 g/mol. The lowest BCUT2D eigenvalue weighted by Gasteiger charge is -2.08. The van der Waals surface area contributed by atoms with Crippen LogP contribution in [0.15, 0.2) is 54.6 Å². The highest BCUT2D eigenvalue weighted by molar-refractivity contribution is 14.1. The molecule has 1 aliphatic carbocycles. The van der Waals surface area contributed by atoms with Crippen LogP contribution in [0.5, 0.6) is 0 Å². The average Bonchev–Trinajstić information content (AvgIpc) is 2.93. The number of halogens is 1. The summed E-state index contributed by atoms with van der Waals surface area (Å²) in [7, 11) is 0. The molecule has 4 rings (SSSR count). The zero-order valence-electron chi connectivity index (χ0n) is 11.4. The Morgan fingerprint density at radius 2 is 1.57 bits per heavy atom. The van der Waals surface area contributed by atoms with Gasteiger partial charge in [0, 0.05) is 14.7 Å². The number of rotatable bonds is 2. The summed E-state index contributed by atoms with van der Waals surface area (Å²) in [5, 5.41) is 2.40. The molecule has 3 aromatic rings. The van der Waals surface area contributed by atoms with Crippen molar-refractivity contribution >= 4 is 39.1 Å². The molecular weight excluding hydrogens is 371 g/mol. The molecule has 3 aromatic carbocycles. The summed E-state index contributed by atoms with van der Waals surface area (Å²) in [6, 6.07) is 18.2. The van der Waals surface area contributed by atoms with Crippen molar-refractivity contribution in [1.82, 2.24) is 0 Å². The first kappa shape index (κ1) is 13.0. The molecule has 21 heavy (non-hydrogen) atoms. The van der Waals surface area contributed by atoms with Gasteiger partial charge in [-0.3, -0.25) is 4.79 Å². The summed E-state index contributed by atoms with van der Waals surface area (Å²) in [6.07, 6.45) is 2.18. The zero-order valence-corrected chi connectivity index (χ0v) is 13.6. The minimum Gasteiger partial charge on any atom is -0.289 e. The molecule has 0 atom stereocenters. The van der Waals surface area contributed by atoms with Gasteiger partial charge < -0.3 is 0 Å². The molecule has 0 radical (unpaired) electrons. The van der Waals surface area contributed by atoms with Crippen molar-refractivity contribution in [2.75, 3.05) is 0 Å². The number of aryl methyl sites for hydroxylation is 2. The van der Waals surface area contributed by atoms with Crippen molar-refractivity contribution in [2.24, 2.45) is 0 Å². The summed E-state index contributed by atoms with van der Waals surface area (Å²) >= 11 is 2.25. The van der Waals surface area contributed by atoms with Crippen LogP contribution in [-0.2, 0) is 12.8 Å². The molecule has 0 aromatic heterocycles. The number of ketones is 1. The zero-order chi connectivity index (χ0) is 14.4. The summed E-state index contributed by atoms with van der Waals surface area (Å²) in [5.41, 5.74) is 4.33. The Balaban J connectivity index is 1.92. The van der Waals surface area contributed by atoms with Gasteiger partial charge in [-0.2, -0.15) is 0 Å². The molecular formula is C19H13IO. The Hall–Kier alpha value is -1.68. The van der Waals surface area contributed by atoms with E-state index in [0.717, 1.165) is 32.9 Å². The third-order valence-corrected chi connectivity index (χ3v) is 4.95. The van der Waals surface area contributed by atoms with Gasteiger partial charge in [-0.1, -0.05) is 30.3 Å². The fourth-order valence-electron chi connectivity index (χ4n) is 3.20. The van der Waals surface area contributed by atoms with E-state index in [1.165, 1.54) is 16.5 Å². The fraction of sp³-hybridized carbons (Fsp3) is 0.105. The lowest BCUT2D eigenvalue weighted by molar-refractivity contribution is 0.104. The third kappa shape index (κ3) is 2.09. The van der Waals surface area contributed by atoms with Crippen LogP contribution in [0, 0.1) is 3.57 Å². The molecule has 0 N–H and O–H groups in total. The normalized spacial score (nSPS) is 12.8. The second kappa shape index (κ2) is 4.95. The van der Waals surface area contributed by atoms with Crippen molar-refractivity contribution < 1.29 is 4.79 Å². The minimum atomic E-state index is 0.113. The number of carbonyl (C=O) groups is 1. The van der Waals surface area contributed by atoms with E-state index in [9.17, 15) is 4.79 Å². The summed E-state index contributed by atoms with van der Waals surface area (Å²) in [4.78, 5) is 12.8. The molecule has 2 heteroatoms. The Kier molecular flexibility index (Phi) is 3.07. The molecule has 102 valence electrons. The molecule has 0 amide bonds. The smallest absolute Gasteiger partial charge is 0.193 e. The molecule has 0 saturated heterocycles. The van der Waals surface area contributed by atoms with Gasteiger partial charge in [0.25, 0.3) is 0 Å². The SMILES string of the molecule is O=C(c1ccc(I)cc1)c1ccc2c3c(cccc13)CC2. The molecule has 1 aliphatic rings. The van der Waals surface area contributed by atoms with Crippen LogP contribution in [0.4, 0.5) is 0 Å². The van der Waals surface area contributed by atoms with Crippen LogP contribution in [0.2, 0.25) is 0 Å². The standard InChI is InChI=1S/C19H13IO/c20-15-9-6-14(7-10-15)19(21)17-11-8-13-5-4-12-2-1-3-16(17)18(12)13/h1-3,6-11H,4-5H2. The van der Waals surface area contributed by atoms with Crippen LogP contribution in [0.25, 0.3) is 10.8 Å². The number of carbonyl (C=O) groups excluding carboxylic acids is 1. The first-order valence-electron chi connectivity index (χ1n) is 7.08. The number of hydrogen-bond donors (Lipinski definition) is 0. The highest BCUT2D eigenvalue weighted by Crippen LogP contribution is 2.33. The summed E-state index contributed by atoms with van der Waals surface area (Å²) < 4.78 is 1.14. The van der Waals surface area contributed by atoms with Gasteiger partial charge in [-0.15, -0.1) is 0 Å². The van der Waals surface area contributed by atoms with E-state index >= 15 is 0 Å². The molecule has 0 unspecified atom stereocenters. The van der Waals surface area contributed by atoms with Crippen LogP contribution in [0.3, 0.4) is 0 Å². The van der Waals surface area contributed by atoms with Crippen LogP contribution < -0.4 is 0 Å². The van der Waals surface area contributed by atoms with Gasteiger partial charge in [0.1, 0.15) is 0 Å². The topological polar surface area (TPSA) is 17.1 Å². The van der Waals surface area contributed by atoms with E-state index in [-0.39, 0.29) is 5.78 Å². The van der Waals surface area contributed by atoms with Crippen molar-refractivity contribution in [1.29, 1.82) is 0 Å². The average molecular weight is 384 g/mol. The van der Waals surface area contributed by atoms with Crippen molar-refractivity contribution in [3.8, 4) is 0 Å². The maximum Gasteiger partial charge on any atom is 0.193 e. The van der Waals surface area contributed by atoms with E-state index in [0.29, 0.717) is 0 Å². The van der Waals surface area contributed by atoms with Crippen molar-refractivity contribution in [3.05, 3.63) is 80.4 Å². The molecule has 0 aliphatic heterocycles. The predicted octanol–water partition coefficient (Wildman–Crippen LogP) is 4.77. The second-order valence-corrected chi connectivity index (χ2v) is 6.69. The first-order valence-corrected chi connectivity index (χ1v) is 8.16. The van der Waals surface area contributed by atoms with Crippen LogP contribution >= 0.6 is 22.6 Å². The van der Waals surface area contributed by atoms with E-state index in [1.807, 2.05) is 30.3 Å². The van der Waals surface area contributed by atoms with E-state index in [2.05, 4.69) is 46.9 Å². The first-order chi connectivity index (χ1) is 10.2. The highest BCUT2D eigenvalue weighted by atomic mass is 127. The van der Waals surface area contributed by atoms with Crippen LogP contribution in [0.1, 0.15) is 27.0 Å². The number of hydrogen-bond acceptors (Lipinski definition) is 1. The van der Waals surface area contributed by atoms with Gasteiger partial charge in [0.15, 0.2) is 5.78 Å². The minimum absolute atomic E-state index is 0.113. The second-order valence-electron chi connectivity index (χ2n) is 5.45. The van der Waals surface area contributed by atoms with Gasteiger partial charge in [0.05, 0.1) is 0 Å². The van der Waals surface area contributed by atoms with Crippen molar-refractivity contribution in [2.45, 2.75) is 12.8 Å². The largest absolute Gasteiger partial charge is 0.289 e. The molecule has 0 saturated carbocycles. The predicted molar refractivity (Wildman–Crippen MR) is 93.9 cm³/mol. The van der Waals surface area contributed by atoms with E-state index < -0.39 is 0 Å². The van der Waals surface area contributed by atoms with E-state index in [4.69, 9.17) is 0 Å². The Morgan fingerprint density at radius 1 is 0.857 bits per heavy atom. The molecule has 0 bridgehead atoms. The quantitative estimate of drug-likeness (QED) is 0.459. The summed E-state index contributed by atoms with van der Waals surface area (Å²) in [6.45, 7) is 0. The Morgan fingerprint density at radius 3 is 2.33 bits per heavy atom. The van der Waals surface area contributed by atoms with Gasteiger partial charge in [-0.25, -0.2) is 0 Å². The maximum absolute atomic E-state index is 12.8. The van der Waals surface area contributed by atoms with Gasteiger partial charge in [-0.05, 0) is 81.6 Å². The van der Waals surface area contributed by atoms with E-state index in [1.54, 1.807) is 0 Å². The van der Waals surface area contributed by atoms with Gasteiger partial charge in [0.2, 0.25) is 0 Å². The van der Waals surface area contributed by atoms with Crippen molar-refractivity contribution in [3.63, 3.8) is 0 Å². The molecule has 0 heterocycles. The molecule has 0 fully saturated rings. The lowest BCUT2D eigenvalue weighted by Crippen LogP contribution is -2.02. The maximum atomic E-state index is 12.8. The Labute approximate surface area is 137 Å². The highest BCUT2D eigenvalue weighted by Gasteiger charge is 2.19. The fourth-order valence-corrected chi connectivity index (χ4v) is 3.56. The number of benzene rings is 3. The van der Waals surface area contributed by atoms with Gasteiger partial charge >= 0.3 is 0 Å². The Bertz CT molecular complexity index is 852. The summed E-state index contributed by atoms with van der Waals surface area (Å²) in [5.74, 6) is 0.113. The third-order valence-electron chi connectivity index (χ3n) is 4.23. The lowest BCUT2D eigenvalue weighted by atomic mass is 9.95.